The van der Waals surface area contributed by atoms with Crippen molar-refractivity contribution in [3.05, 3.63) is 18.1 Å². The van der Waals surface area contributed by atoms with Crippen LogP contribution < -0.4 is 4.74 Å². The van der Waals surface area contributed by atoms with Gasteiger partial charge in [0, 0.05) is 29.7 Å². The fourth-order valence-corrected chi connectivity index (χ4v) is 4.04. The maximum Gasteiger partial charge on any atom is 0.243 e. The van der Waals surface area contributed by atoms with Gasteiger partial charge in [-0.05, 0) is 0 Å². The Bertz CT molecular complexity index is 381. The number of ketones is 1. The highest BCUT2D eigenvalue weighted by Crippen LogP contribution is 2.28. The van der Waals surface area contributed by atoms with Gasteiger partial charge in [-0.15, -0.1) is 11.8 Å². The summed E-state index contributed by atoms with van der Waals surface area (Å²) >= 11 is 3.50. The molecule has 1 aromatic rings. The van der Waals surface area contributed by atoms with Crippen LogP contribution in [-0.4, -0.2) is 45.4 Å². The van der Waals surface area contributed by atoms with E-state index in [-0.39, 0.29) is 11.0 Å². The average Bonchev–Trinajstić information content (AvgIpc) is 2.39. The fraction of sp³-hybridized carbons (Fsp3) is 0.500. The summed E-state index contributed by atoms with van der Waals surface area (Å²) in [6.45, 7) is 0. The van der Waals surface area contributed by atoms with E-state index in [1.165, 1.54) is 19.5 Å². The van der Waals surface area contributed by atoms with Gasteiger partial charge in [-0.2, -0.15) is 11.8 Å². The van der Waals surface area contributed by atoms with Crippen LogP contribution in [0.3, 0.4) is 0 Å². The standard InChI is InChI=1S/C10H12N2O2S2/c1-14-10-8(11-2-3-12-10)9(13)7-6-15-4-5-16-7/h2-3,7H,4-6H2,1H3. The summed E-state index contributed by atoms with van der Waals surface area (Å²) < 4.78 is 5.05. The first-order chi connectivity index (χ1) is 7.83. The zero-order valence-electron chi connectivity index (χ0n) is 8.88. The van der Waals surface area contributed by atoms with Crippen molar-refractivity contribution in [1.82, 2.24) is 9.97 Å². The number of hydrogen-bond donors (Lipinski definition) is 0. The van der Waals surface area contributed by atoms with Crippen molar-refractivity contribution < 1.29 is 9.53 Å². The molecule has 1 fully saturated rings. The molecule has 0 N–H and O–H groups in total. The van der Waals surface area contributed by atoms with E-state index in [0.717, 1.165) is 17.3 Å². The van der Waals surface area contributed by atoms with Crippen molar-refractivity contribution in [3.63, 3.8) is 0 Å². The molecule has 0 aromatic carbocycles. The van der Waals surface area contributed by atoms with Crippen molar-refractivity contribution in [2.24, 2.45) is 0 Å². The van der Waals surface area contributed by atoms with Crippen molar-refractivity contribution >= 4 is 29.3 Å². The molecule has 16 heavy (non-hydrogen) atoms. The summed E-state index contributed by atoms with van der Waals surface area (Å²) in [5, 5.41) is -0.00986. The molecule has 1 unspecified atom stereocenters. The Kier molecular flexibility index (Phi) is 4.06. The monoisotopic (exact) mass is 256 g/mol. The van der Waals surface area contributed by atoms with E-state index < -0.39 is 0 Å². The van der Waals surface area contributed by atoms with Gasteiger partial charge in [-0.25, -0.2) is 9.97 Å². The number of rotatable bonds is 3. The third kappa shape index (κ3) is 2.49. The van der Waals surface area contributed by atoms with Crippen LogP contribution in [0.15, 0.2) is 12.4 Å². The Hall–Kier alpha value is -0.750. The molecule has 2 heterocycles. The summed E-state index contributed by atoms with van der Waals surface area (Å²) in [4.78, 5) is 20.2. The van der Waals surface area contributed by atoms with Gasteiger partial charge in [0.05, 0.1) is 12.4 Å². The Morgan fingerprint density at radius 2 is 2.25 bits per heavy atom. The molecule has 0 saturated carbocycles. The lowest BCUT2D eigenvalue weighted by molar-refractivity contribution is 0.0986. The molecule has 86 valence electrons. The Morgan fingerprint density at radius 1 is 1.44 bits per heavy atom. The Balaban J connectivity index is 2.19. The largest absolute Gasteiger partial charge is 0.479 e. The molecular formula is C10H12N2O2S2. The number of Topliss-reactive ketones (excluding diaryl/α,β-unsaturated/α-hetero) is 1. The highest BCUT2D eigenvalue weighted by Gasteiger charge is 2.27. The van der Waals surface area contributed by atoms with Gasteiger partial charge in [0.2, 0.25) is 5.88 Å². The van der Waals surface area contributed by atoms with Crippen LogP contribution in [0.25, 0.3) is 0 Å². The van der Waals surface area contributed by atoms with E-state index in [1.807, 2.05) is 11.8 Å². The van der Waals surface area contributed by atoms with Gasteiger partial charge in [-0.1, -0.05) is 0 Å². The molecular weight excluding hydrogens is 244 g/mol. The lowest BCUT2D eigenvalue weighted by Gasteiger charge is -2.19. The smallest absolute Gasteiger partial charge is 0.243 e. The summed E-state index contributed by atoms with van der Waals surface area (Å²) in [6.07, 6.45) is 3.05. The molecule has 2 rings (SSSR count). The number of ether oxygens (including phenoxy) is 1. The van der Waals surface area contributed by atoms with E-state index in [9.17, 15) is 4.79 Å². The van der Waals surface area contributed by atoms with E-state index in [4.69, 9.17) is 4.74 Å². The second-order valence-electron chi connectivity index (χ2n) is 3.21. The lowest BCUT2D eigenvalue weighted by atomic mass is 10.2. The first-order valence-electron chi connectivity index (χ1n) is 4.91. The van der Waals surface area contributed by atoms with Crippen molar-refractivity contribution in [2.45, 2.75) is 5.25 Å². The van der Waals surface area contributed by atoms with Gasteiger partial charge in [0.1, 0.15) is 0 Å². The van der Waals surface area contributed by atoms with Crippen LogP contribution in [0.2, 0.25) is 0 Å². The maximum absolute atomic E-state index is 12.2. The minimum Gasteiger partial charge on any atom is -0.479 e. The van der Waals surface area contributed by atoms with Crippen molar-refractivity contribution in [2.75, 3.05) is 24.4 Å². The Labute approximate surface area is 103 Å². The minimum absolute atomic E-state index is 0.00986. The average molecular weight is 256 g/mol. The van der Waals surface area contributed by atoms with Gasteiger partial charge < -0.3 is 4.74 Å². The highest BCUT2D eigenvalue weighted by molar-refractivity contribution is 8.07. The first kappa shape index (κ1) is 11.7. The number of carbonyl (C=O) groups excluding carboxylic acids is 1. The number of hydrogen-bond acceptors (Lipinski definition) is 6. The molecule has 0 spiro atoms. The van der Waals surface area contributed by atoms with Gasteiger partial charge in [-0.3, -0.25) is 4.79 Å². The molecule has 4 nitrogen and oxygen atoms in total. The molecule has 0 radical (unpaired) electrons. The second kappa shape index (κ2) is 5.54. The van der Waals surface area contributed by atoms with Crippen molar-refractivity contribution in [3.8, 4) is 5.88 Å². The third-order valence-electron chi connectivity index (χ3n) is 2.20. The fourth-order valence-electron chi connectivity index (χ4n) is 1.44. The Morgan fingerprint density at radius 3 is 2.94 bits per heavy atom. The molecule has 1 aliphatic rings. The molecule has 1 saturated heterocycles. The van der Waals surface area contributed by atoms with Crippen LogP contribution in [0.5, 0.6) is 5.88 Å². The summed E-state index contributed by atoms with van der Waals surface area (Å²) in [7, 11) is 1.50. The van der Waals surface area contributed by atoms with Gasteiger partial charge in [0.25, 0.3) is 0 Å². The summed E-state index contributed by atoms with van der Waals surface area (Å²) in [6, 6.07) is 0. The number of nitrogens with zero attached hydrogens (tertiary/aromatic N) is 2. The molecule has 1 atom stereocenters. The highest BCUT2D eigenvalue weighted by atomic mass is 32.2. The SMILES string of the molecule is COc1nccnc1C(=O)C1CSCCS1. The summed E-state index contributed by atoms with van der Waals surface area (Å²) in [5.74, 6) is 3.34. The number of carbonyl (C=O) groups is 1. The second-order valence-corrected chi connectivity index (χ2v) is 5.67. The molecule has 0 amide bonds. The molecule has 1 aromatic heterocycles. The maximum atomic E-state index is 12.2. The third-order valence-corrected chi connectivity index (χ3v) is 4.95. The number of aromatic nitrogens is 2. The lowest BCUT2D eigenvalue weighted by Crippen LogP contribution is -2.25. The number of thioether (sulfide) groups is 2. The van der Waals surface area contributed by atoms with E-state index in [2.05, 4.69) is 9.97 Å². The van der Waals surface area contributed by atoms with Crippen LogP contribution in [0, 0.1) is 0 Å². The van der Waals surface area contributed by atoms with Crippen LogP contribution in [0.4, 0.5) is 0 Å². The molecule has 0 bridgehead atoms. The van der Waals surface area contributed by atoms with Crippen LogP contribution >= 0.6 is 23.5 Å². The molecule has 0 aliphatic carbocycles. The van der Waals surface area contributed by atoms with Gasteiger partial charge >= 0.3 is 0 Å². The quantitative estimate of drug-likeness (QED) is 0.764. The van der Waals surface area contributed by atoms with E-state index in [1.54, 1.807) is 11.8 Å². The molecule has 6 heteroatoms. The van der Waals surface area contributed by atoms with E-state index >= 15 is 0 Å². The summed E-state index contributed by atoms with van der Waals surface area (Å²) in [5.41, 5.74) is 0.352. The normalized spacial score (nSPS) is 20.4. The first-order valence-corrected chi connectivity index (χ1v) is 7.12. The zero-order valence-corrected chi connectivity index (χ0v) is 10.5. The van der Waals surface area contributed by atoms with Crippen LogP contribution in [0.1, 0.15) is 10.5 Å². The predicted molar refractivity (Wildman–Crippen MR) is 66.5 cm³/mol. The molecule has 1 aliphatic heterocycles. The number of methoxy groups -OCH3 is 1. The predicted octanol–water partition coefficient (Wildman–Crippen LogP) is 1.52. The zero-order chi connectivity index (χ0) is 11.4. The van der Waals surface area contributed by atoms with E-state index in [0.29, 0.717) is 11.6 Å². The topological polar surface area (TPSA) is 52.1 Å². The van der Waals surface area contributed by atoms with Crippen molar-refractivity contribution in [1.29, 1.82) is 0 Å². The van der Waals surface area contributed by atoms with Gasteiger partial charge in [0.15, 0.2) is 11.5 Å². The van der Waals surface area contributed by atoms with Crippen LogP contribution in [-0.2, 0) is 0 Å². The minimum atomic E-state index is -0.00986.